The van der Waals surface area contributed by atoms with Crippen molar-refractivity contribution >= 4 is 12.4 Å². The third-order valence-electron chi connectivity index (χ3n) is 7.05. The van der Waals surface area contributed by atoms with E-state index in [0.717, 1.165) is 24.8 Å². The molecular weight excluding hydrogens is 328 g/mol. The van der Waals surface area contributed by atoms with Gasteiger partial charge in [-0.1, -0.05) is 31.4 Å². The van der Waals surface area contributed by atoms with Gasteiger partial charge in [-0.05, 0) is 79.7 Å². The number of hydrogen-bond donors (Lipinski definition) is 1. The number of allylic oxidation sites excluding steroid dienone is 5. The molecule has 0 aromatic heterocycles. The minimum atomic E-state index is 0. The number of piperidine rings is 1. The Balaban J connectivity index is 0.00000157. The lowest BCUT2D eigenvalue weighted by Crippen LogP contribution is -2.41. The van der Waals surface area contributed by atoms with Gasteiger partial charge < -0.3 is 10.2 Å². The Morgan fingerprint density at radius 2 is 1.88 bits per heavy atom. The molecule has 1 saturated carbocycles. The average Bonchev–Trinajstić information content (AvgIpc) is 2.95. The van der Waals surface area contributed by atoms with E-state index >= 15 is 0 Å². The highest BCUT2D eigenvalue weighted by Gasteiger charge is 2.44. The van der Waals surface area contributed by atoms with E-state index in [0.29, 0.717) is 6.04 Å². The van der Waals surface area contributed by atoms with Crippen molar-refractivity contribution in [1.29, 1.82) is 0 Å². The lowest BCUT2D eigenvalue weighted by molar-refractivity contribution is 0.257. The van der Waals surface area contributed by atoms with Crippen LogP contribution in [-0.4, -0.2) is 24.0 Å². The van der Waals surface area contributed by atoms with E-state index in [1.54, 1.807) is 16.8 Å². The summed E-state index contributed by atoms with van der Waals surface area (Å²) in [6, 6.07) is 0.589. The van der Waals surface area contributed by atoms with Crippen LogP contribution < -0.4 is 5.32 Å². The second-order valence-corrected chi connectivity index (χ2v) is 8.29. The van der Waals surface area contributed by atoms with Gasteiger partial charge in [-0.25, -0.2) is 0 Å². The van der Waals surface area contributed by atoms with Crippen LogP contribution in [0, 0.1) is 11.8 Å². The van der Waals surface area contributed by atoms with E-state index in [9.17, 15) is 0 Å². The van der Waals surface area contributed by atoms with Crippen molar-refractivity contribution in [2.75, 3.05) is 13.1 Å². The van der Waals surface area contributed by atoms with Gasteiger partial charge in [-0.2, -0.15) is 0 Å². The fraction of sp³-hybridized carbons (Fsp3) is 0.636. The van der Waals surface area contributed by atoms with Crippen LogP contribution in [0.1, 0.15) is 57.8 Å². The van der Waals surface area contributed by atoms with Crippen molar-refractivity contribution < 1.29 is 0 Å². The molecular formula is C22H31ClN2. The van der Waals surface area contributed by atoms with E-state index in [-0.39, 0.29) is 12.4 Å². The van der Waals surface area contributed by atoms with Crippen molar-refractivity contribution in [1.82, 2.24) is 10.2 Å². The molecule has 25 heavy (non-hydrogen) atoms. The third kappa shape index (κ3) is 2.92. The molecule has 136 valence electrons. The van der Waals surface area contributed by atoms with Crippen LogP contribution in [0.2, 0.25) is 0 Å². The van der Waals surface area contributed by atoms with Crippen LogP contribution >= 0.6 is 12.4 Å². The summed E-state index contributed by atoms with van der Waals surface area (Å²) in [5.74, 6) is 1.80. The fourth-order valence-electron chi connectivity index (χ4n) is 5.97. The van der Waals surface area contributed by atoms with Gasteiger partial charge in [0.1, 0.15) is 0 Å². The summed E-state index contributed by atoms with van der Waals surface area (Å²) < 4.78 is 0. The zero-order valence-electron chi connectivity index (χ0n) is 15.2. The molecule has 2 unspecified atom stereocenters. The molecule has 1 saturated heterocycles. The molecule has 3 heterocycles. The molecule has 0 radical (unpaired) electrons. The van der Waals surface area contributed by atoms with Gasteiger partial charge in [-0.15, -0.1) is 12.4 Å². The topological polar surface area (TPSA) is 15.3 Å². The van der Waals surface area contributed by atoms with Gasteiger partial charge in [-0.3, -0.25) is 0 Å². The first-order chi connectivity index (χ1) is 11.9. The van der Waals surface area contributed by atoms with Gasteiger partial charge in [0.2, 0.25) is 0 Å². The van der Waals surface area contributed by atoms with Crippen molar-refractivity contribution in [3.63, 3.8) is 0 Å². The quantitative estimate of drug-likeness (QED) is 0.701. The number of nitrogens with zero attached hydrogens (tertiary/aromatic N) is 1. The Morgan fingerprint density at radius 3 is 2.76 bits per heavy atom. The lowest BCUT2D eigenvalue weighted by atomic mass is 9.69. The summed E-state index contributed by atoms with van der Waals surface area (Å²) in [5.41, 5.74) is 6.97. The number of halogens is 1. The van der Waals surface area contributed by atoms with Crippen LogP contribution in [0.5, 0.6) is 0 Å². The highest BCUT2D eigenvalue weighted by molar-refractivity contribution is 5.85. The number of rotatable bonds is 1. The van der Waals surface area contributed by atoms with Crippen LogP contribution in [0.3, 0.4) is 0 Å². The molecule has 0 aromatic carbocycles. The number of nitrogens with one attached hydrogen (secondary N) is 1. The maximum Gasteiger partial charge on any atom is 0.0677 e. The Morgan fingerprint density at radius 1 is 1.00 bits per heavy atom. The van der Waals surface area contributed by atoms with Crippen LogP contribution in [0.15, 0.2) is 46.8 Å². The van der Waals surface area contributed by atoms with Crippen molar-refractivity contribution in [3.8, 4) is 0 Å². The molecule has 3 heteroatoms. The molecule has 5 rings (SSSR count). The molecule has 0 amide bonds. The van der Waals surface area contributed by atoms with Gasteiger partial charge in [0.05, 0.1) is 6.04 Å². The molecule has 0 aromatic rings. The molecule has 0 bridgehead atoms. The number of hydrogen-bond acceptors (Lipinski definition) is 2. The Labute approximate surface area is 158 Å². The second-order valence-electron chi connectivity index (χ2n) is 8.29. The molecule has 0 spiro atoms. The molecule has 5 aliphatic rings. The predicted octanol–water partition coefficient (Wildman–Crippen LogP) is 5.10. The molecule has 2 atom stereocenters. The third-order valence-corrected chi connectivity index (χ3v) is 7.05. The standard InChI is InChI=1S/C22H30N2.ClH/c1-3-7-16(8-4-1)18-11-10-17-9-5-2-6-14-24-20-15-23-13-12-19(20)21(18)22(17)24;/h2,5-6,14,16,18,20,23H,1,3-4,7-13,15H2;1H/b5-2-,14-6-;. The smallest absolute Gasteiger partial charge is 0.0677 e. The summed E-state index contributed by atoms with van der Waals surface area (Å²) in [5, 5.41) is 3.65. The Kier molecular flexibility index (Phi) is 5.11. The molecule has 3 aliphatic heterocycles. The number of fused-ring (bicyclic) bond motifs is 2. The molecule has 1 N–H and O–H groups in total. The zero-order chi connectivity index (χ0) is 15.9. The summed E-state index contributed by atoms with van der Waals surface area (Å²) in [6.07, 6.45) is 21.7. The van der Waals surface area contributed by atoms with E-state index < -0.39 is 0 Å². The van der Waals surface area contributed by atoms with E-state index in [2.05, 4.69) is 34.6 Å². The highest BCUT2D eigenvalue weighted by Crippen LogP contribution is 2.52. The maximum atomic E-state index is 3.65. The summed E-state index contributed by atoms with van der Waals surface area (Å²) in [7, 11) is 0. The van der Waals surface area contributed by atoms with Gasteiger partial charge in [0, 0.05) is 18.4 Å². The van der Waals surface area contributed by atoms with E-state index in [4.69, 9.17) is 0 Å². The predicted molar refractivity (Wildman–Crippen MR) is 107 cm³/mol. The van der Waals surface area contributed by atoms with E-state index in [1.807, 2.05) is 5.57 Å². The van der Waals surface area contributed by atoms with Crippen molar-refractivity contribution in [2.45, 2.75) is 63.8 Å². The largest absolute Gasteiger partial charge is 0.339 e. The Hall–Kier alpha value is -0.990. The van der Waals surface area contributed by atoms with Crippen LogP contribution in [-0.2, 0) is 0 Å². The highest BCUT2D eigenvalue weighted by atomic mass is 35.5. The SMILES string of the molecule is C1=C\CC2=C3C(=C4CCNCC4N3\C=C/1)C(C1CCCCC1)CC2.Cl. The van der Waals surface area contributed by atoms with Gasteiger partial charge in [0.25, 0.3) is 0 Å². The van der Waals surface area contributed by atoms with Gasteiger partial charge in [0.15, 0.2) is 0 Å². The van der Waals surface area contributed by atoms with Crippen LogP contribution in [0.4, 0.5) is 0 Å². The Bertz CT molecular complexity index is 636. The normalized spacial score (nSPS) is 34.6. The zero-order valence-corrected chi connectivity index (χ0v) is 16.0. The summed E-state index contributed by atoms with van der Waals surface area (Å²) in [6.45, 7) is 2.30. The van der Waals surface area contributed by atoms with Crippen molar-refractivity contribution in [2.24, 2.45) is 11.8 Å². The van der Waals surface area contributed by atoms with Crippen molar-refractivity contribution in [3.05, 3.63) is 46.8 Å². The van der Waals surface area contributed by atoms with E-state index in [1.165, 1.54) is 57.9 Å². The molecule has 2 aliphatic carbocycles. The second kappa shape index (κ2) is 7.32. The lowest BCUT2D eigenvalue weighted by Gasteiger charge is -2.38. The average molecular weight is 359 g/mol. The summed E-state index contributed by atoms with van der Waals surface area (Å²) in [4.78, 5) is 2.64. The minimum Gasteiger partial charge on any atom is -0.339 e. The first-order valence-electron chi connectivity index (χ1n) is 10.2. The first kappa shape index (κ1) is 17.4. The first-order valence-corrected chi connectivity index (χ1v) is 10.2. The molecule has 2 nitrogen and oxygen atoms in total. The van der Waals surface area contributed by atoms with Gasteiger partial charge >= 0.3 is 0 Å². The summed E-state index contributed by atoms with van der Waals surface area (Å²) >= 11 is 0. The molecule has 2 fully saturated rings. The minimum absolute atomic E-state index is 0. The fourth-order valence-corrected chi connectivity index (χ4v) is 5.97. The monoisotopic (exact) mass is 358 g/mol. The maximum absolute atomic E-state index is 3.65. The van der Waals surface area contributed by atoms with Crippen LogP contribution in [0.25, 0.3) is 0 Å².